The fourth-order valence-electron chi connectivity index (χ4n) is 2.34. The van der Waals surface area contributed by atoms with Gasteiger partial charge in [-0.1, -0.05) is 0 Å². The monoisotopic (exact) mass is 411 g/mol. The number of nitrogens with zero attached hydrogens (tertiary/aromatic N) is 1. The van der Waals surface area contributed by atoms with Crippen LogP contribution in [0.25, 0.3) is 5.57 Å². The molecule has 1 nitrogen and oxygen atoms in total. The molecule has 0 bridgehead atoms. The van der Waals surface area contributed by atoms with Gasteiger partial charge >= 0.3 is 157 Å². The summed E-state index contributed by atoms with van der Waals surface area (Å²) < 4.78 is 1.12. The van der Waals surface area contributed by atoms with E-state index in [1.165, 1.54) is 0 Å². The van der Waals surface area contributed by atoms with Gasteiger partial charge in [0.2, 0.25) is 0 Å². The molecule has 0 atom stereocenters. The zero-order valence-corrected chi connectivity index (χ0v) is 16.4. The van der Waals surface area contributed by atoms with Crippen LogP contribution in [0.4, 0.5) is 0 Å². The number of rotatable bonds is 6. The van der Waals surface area contributed by atoms with Gasteiger partial charge in [-0.05, 0) is 0 Å². The molecule has 0 aliphatic heterocycles. The number of halogens is 2. The summed E-state index contributed by atoms with van der Waals surface area (Å²) >= 11 is 15.2. The van der Waals surface area contributed by atoms with Crippen molar-refractivity contribution < 1.29 is 0 Å². The standard InChI is InChI=1S/C19H19Cl2NSe/c1-3-22(4-2)19(23)13-18(14-5-9-16(20)10-6-14)15-7-11-17(21)12-8-15/h5-13H,3-4H2,1-2H3. The summed E-state index contributed by atoms with van der Waals surface area (Å²) in [5.74, 6) is 0. The molecule has 0 saturated carbocycles. The normalized spacial score (nSPS) is 10.3. The van der Waals surface area contributed by atoms with Gasteiger partial charge < -0.3 is 0 Å². The van der Waals surface area contributed by atoms with Gasteiger partial charge in [0.1, 0.15) is 0 Å². The van der Waals surface area contributed by atoms with Gasteiger partial charge in [-0.3, -0.25) is 0 Å². The third-order valence-electron chi connectivity index (χ3n) is 3.65. The van der Waals surface area contributed by atoms with E-state index >= 15 is 0 Å². The molecular weight excluding hydrogens is 392 g/mol. The van der Waals surface area contributed by atoms with Crippen LogP contribution in [0.15, 0.2) is 54.6 Å². The Labute approximate surface area is 156 Å². The van der Waals surface area contributed by atoms with Crippen LogP contribution in [0.5, 0.6) is 0 Å². The van der Waals surface area contributed by atoms with Crippen molar-refractivity contribution in [3.05, 3.63) is 75.8 Å². The maximum absolute atomic E-state index is 6.03. The quantitative estimate of drug-likeness (QED) is 0.601. The fourth-order valence-corrected chi connectivity index (χ4v) is 3.38. The molecule has 0 N–H and O–H groups in total. The summed E-state index contributed by atoms with van der Waals surface area (Å²) in [4.78, 5) is 2.28. The first-order valence-corrected chi connectivity index (χ1v) is 9.18. The summed E-state index contributed by atoms with van der Waals surface area (Å²) in [7, 11) is 0. The Morgan fingerprint density at radius 3 is 1.61 bits per heavy atom. The summed E-state index contributed by atoms with van der Waals surface area (Å²) in [5.41, 5.74) is 3.38. The van der Waals surface area contributed by atoms with Crippen LogP contribution in [-0.2, 0) is 0 Å². The molecule has 4 heteroatoms. The van der Waals surface area contributed by atoms with Crippen molar-refractivity contribution in [2.75, 3.05) is 13.1 Å². The van der Waals surface area contributed by atoms with Crippen molar-refractivity contribution in [1.82, 2.24) is 4.90 Å². The molecule has 0 radical (unpaired) electrons. The Hall–Kier alpha value is -1.05. The van der Waals surface area contributed by atoms with Crippen molar-refractivity contribution in [1.29, 1.82) is 0 Å². The molecule has 0 aromatic heterocycles. The minimum atomic E-state index is 0.736. The number of hydrogen-bond donors (Lipinski definition) is 0. The molecule has 23 heavy (non-hydrogen) atoms. The molecule has 0 amide bonds. The Morgan fingerprint density at radius 2 is 1.26 bits per heavy atom. The Morgan fingerprint density at radius 1 is 0.870 bits per heavy atom. The molecule has 0 unspecified atom stereocenters. The average molecular weight is 411 g/mol. The number of hydrogen-bond acceptors (Lipinski definition) is 1. The summed E-state index contributed by atoms with van der Waals surface area (Å²) in [5, 5.41) is 1.47. The first-order chi connectivity index (χ1) is 11.0. The van der Waals surface area contributed by atoms with E-state index in [4.69, 9.17) is 23.2 Å². The minimum absolute atomic E-state index is 0.736. The molecule has 0 fully saturated rings. The van der Waals surface area contributed by atoms with Crippen LogP contribution in [0, 0.1) is 0 Å². The maximum atomic E-state index is 6.03. The molecular formula is C19H19Cl2NSe. The fraction of sp³-hybridized carbons (Fsp3) is 0.211. The zero-order chi connectivity index (χ0) is 16.8. The van der Waals surface area contributed by atoms with Gasteiger partial charge in [0.05, 0.1) is 0 Å². The van der Waals surface area contributed by atoms with Crippen LogP contribution < -0.4 is 0 Å². The predicted octanol–water partition coefficient (Wildman–Crippen LogP) is 5.07. The topological polar surface area (TPSA) is 3.24 Å². The van der Waals surface area contributed by atoms with E-state index in [1.807, 2.05) is 48.5 Å². The van der Waals surface area contributed by atoms with Gasteiger partial charge in [0, 0.05) is 0 Å². The Balaban J connectivity index is 2.48. The van der Waals surface area contributed by atoms with Crippen LogP contribution in [0.3, 0.4) is 0 Å². The van der Waals surface area contributed by atoms with Crippen LogP contribution in [-0.4, -0.2) is 38.1 Å². The molecule has 2 rings (SSSR count). The third kappa shape index (κ3) is 4.96. The molecule has 2 aromatic carbocycles. The van der Waals surface area contributed by atoms with E-state index in [0.29, 0.717) is 0 Å². The molecule has 0 heterocycles. The van der Waals surface area contributed by atoms with Crippen molar-refractivity contribution in [3.8, 4) is 0 Å². The van der Waals surface area contributed by atoms with Crippen molar-refractivity contribution in [3.63, 3.8) is 0 Å². The number of benzene rings is 2. The van der Waals surface area contributed by atoms with Crippen LogP contribution in [0.1, 0.15) is 25.0 Å². The number of likely N-dealkylation sites (N-methyl/N-ethyl adjacent to an activating group) is 1. The van der Waals surface area contributed by atoms with E-state index in [9.17, 15) is 0 Å². The summed E-state index contributed by atoms with van der Waals surface area (Å²) in [6.07, 6.45) is 2.18. The molecule has 0 aliphatic rings. The van der Waals surface area contributed by atoms with Crippen LogP contribution in [0.2, 0.25) is 10.0 Å². The average Bonchev–Trinajstić information content (AvgIpc) is 2.56. The molecule has 2 aromatic rings. The second kappa shape index (κ2) is 8.70. The summed E-state index contributed by atoms with van der Waals surface area (Å²) in [6.45, 7) is 6.23. The van der Waals surface area contributed by atoms with Gasteiger partial charge in [-0.15, -0.1) is 0 Å². The van der Waals surface area contributed by atoms with E-state index in [0.717, 1.165) is 44.4 Å². The zero-order valence-electron chi connectivity index (χ0n) is 13.2. The Kier molecular flexibility index (Phi) is 6.92. The van der Waals surface area contributed by atoms with Crippen molar-refractivity contribution in [2.45, 2.75) is 13.8 Å². The third-order valence-corrected chi connectivity index (χ3v) is 4.95. The second-order valence-corrected chi connectivity index (χ2v) is 6.83. The van der Waals surface area contributed by atoms with E-state index in [-0.39, 0.29) is 0 Å². The first-order valence-electron chi connectivity index (χ1n) is 7.57. The molecule has 0 aliphatic carbocycles. The van der Waals surface area contributed by atoms with Gasteiger partial charge in [0.15, 0.2) is 0 Å². The predicted molar refractivity (Wildman–Crippen MR) is 104 cm³/mol. The SMILES string of the molecule is CCN(CC)C(=[Se])C=C(c1ccc(Cl)cc1)c1ccc(Cl)cc1. The molecule has 0 spiro atoms. The van der Waals surface area contributed by atoms with Gasteiger partial charge in [0.25, 0.3) is 0 Å². The second-order valence-electron chi connectivity index (χ2n) is 5.08. The van der Waals surface area contributed by atoms with Crippen molar-refractivity contribution in [2.24, 2.45) is 0 Å². The first kappa shape index (κ1) is 18.3. The molecule has 0 saturated heterocycles. The van der Waals surface area contributed by atoms with Crippen LogP contribution >= 0.6 is 23.2 Å². The van der Waals surface area contributed by atoms with Gasteiger partial charge in [-0.2, -0.15) is 0 Å². The van der Waals surface area contributed by atoms with E-state index < -0.39 is 0 Å². The summed E-state index contributed by atoms with van der Waals surface area (Å²) in [6, 6.07) is 15.8. The molecule has 120 valence electrons. The van der Waals surface area contributed by atoms with E-state index in [2.05, 4.69) is 40.4 Å². The van der Waals surface area contributed by atoms with Crippen molar-refractivity contribution >= 4 is 48.9 Å². The Bertz CT molecular complexity index is 639. The van der Waals surface area contributed by atoms with Gasteiger partial charge in [-0.25, -0.2) is 0 Å². The van der Waals surface area contributed by atoms with E-state index in [1.54, 1.807) is 0 Å².